The molecule has 144 valence electrons. The molecule has 1 amide bonds. The summed E-state index contributed by atoms with van der Waals surface area (Å²) in [6.07, 6.45) is 0. The fourth-order valence-corrected chi connectivity index (χ4v) is 2.44. The predicted molar refractivity (Wildman–Crippen MR) is 107 cm³/mol. The van der Waals surface area contributed by atoms with Gasteiger partial charge in [0.2, 0.25) is 5.91 Å². The van der Waals surface area contributed by atoms with Crippen LogP contribution in [0.25, 0.3) is 0 Å². The van der Waals surface area contributed by atoms with Gasteiger partial charge < -0.3 is 20.1 Å². The fourth-order valence-electron chi connectivity index (χ4n) is 2.44. The molecule has 0 radical (unpaired) electrons. The number of para-hydroxylation sites is 2. The molecule has 0 bridgehead atoms. The van der Waals surface area contributed by atoms with E-state index in [0.717, 1.165) is 11.4 Å². The number of hydrogen-bond acceptors (Lipinski definition) is 4. The largest absolute Gasteiger partial charge is 0.490 e. The lowest BCUT2D eigenvalue weighted by molar-refractivity contribution is -0.114. The number of ether oxygens (including phenoxy) is 2. The normalized spacial score (nSPS) is 10.2. The third-order valence-electron chi connectivity index (χ3n) is 3.82. The van der Waals surface area contributed by atoms with E-state index in [9.17, 15) is 9.18 Å². The number of anilines is 2. The van der Waals surface area contributed by atoms with Crippen molar-refractivity contribution in [3.63, 3.8) is 0 Å². The summed E-state index contributed by atoms with van der Waals surface area (Å²) in [6.45, 7) is 0.895. The lowest BCUT2D eigenvalue weighted by Gasteiger charge is -2.10. The van der Waals surface area contributed by atoms with Gasteiger partial charge in [-0.3, -0.25) is 4.79 Å². The predicted octanol–water partition coefficient (Wildman–Crippen LogP) is 4.33. The summed E-state index contributed by atoms with van der Waals surface area (Å²) >= 11 is 0. The molecular weight excluding hydrogens is 359 g/mol. The molecule has 0 aliphatic carbocycles. The second-order valence-corrected chi connectivity index (χ2v) is 5.92. The van der Waals surface area contributed by atoms with Crippen molar-refractivity contribution >= 4 is 17.3 Å². The van der Waals surface area contributed by atoms with Crippen LogP contribution in [0.2, 0.25) is 0 Å². The Morgan fingerprint density at radius 3 is 2.07 bits per heavy atom. The van der Waals surface area contributed by atoms with Crippen LogP contribution in [0.15, 0.2) is 78.9 Å². The van der Waals surface area contributed by atoms with Gasteiger partial charge in [-0.15, -0.1) is 0 Å². The molecule has 0 aromatic heterocycles. The van der Waals surface area contributed by atoms with Gasteiger partial charge in [0, 0.05) is 5.69 Å². The molecule has 0 fully saturated rings. The number of amides is 1. The van der Waals surface area contributed by atoms with Crippen molar-refractivity contribution in [3.8, 4) is 11.5 Å². The Balaban J connectivity index is 1.38. The molecule has 0 aliphatic rings. The zero-order valence-corrected chi connectivity index (χ0v) is 15.2. The smallest absolute Gasteiger partial charge is 0.243 e. The molecule has 0 saturated heterocycles. The fraction of sp³-hybridized carbons (Fsp3) is 0.136. The van der Waals surface area contributed by atoms with Crippen molar-refractivity contribution in [2.75, 3.05) is 30.4 Å². The Hall–Kier alpha value is -3.54. The van der Waals surface area contributed by atoms with Gasteiger partial charge in [-0.25, -0.2) is 4.39 Å². The summed E-state index contributed by atoms with van der Waals surface area (Å²) in [4.78, 5) is 11.9. The molecule has 0 saturated carbocycles. The van der Waals surface area contributed by atoms with Gasteiger partial charge in [0.05, 0.1) is 12.2 Å². The molecule has 3 rings (SSSR count). The first-order valence-electron chi connectivity index (χ1n) is 8.90. The van der Waals surface area contributed by atoms with Crippen LogP contribution in [-0.4, -0.2) is 25.7 Å². The zero-order chi connectivity index (χ0) is 19.6. The van der Waals surface area contributed by atoms with Crippen LogP contribution in [0.4, 0.5) is 15.8 Å². The maximum Gasteiger partial charge on any atom is 0.243 e. The molecule has 3 aromatic rings. The van der Waals surface area contributed by atoms with E-state index in [-0.39, 0.29) is 18.1 Å². The lowest BCUT2D eigenvalue weighted by atomic mass is 10.3. The molecule has 6 heteroatoms. The highest BCUT2D eigenvalue weighted by Crippen LogP contribution is 2.16. The first-order chi connectivity index (χ1) is 13.7. The van der Waals surface area contributed by atoms with Gasteiger partial charge in [0.25, 0.3) is 0 Å². The summed E-state index contributed by atoms with van der Waals surface area (Å²) in [6, 6.07) is 22.8. The Morgan fingerprint density at radius 2 is 1.39 bits per heavy atom. The van der Waals surface area contributed by atoms with E-state index in [1.54, 1.807) is 24.3 Å². The van der Waals surface area contributed by atoms with E-state index < -0.39 is 5.82 Å². The summed E-state index contributed by atoms with van der Waals surface area (Å²) in [5.74, 6) is 0.717. The monoisotopic (exact) mass is 380 g/mol. The Morgan fingerprint density at radius 1 is 0.786 bits per heavy atom. The van der Waals surface area contributed by atoms with Gasteiger partial charge in [-0.1, -0.05) is 30.3 Å². The number of carbonyl (C=O) groups excluding carboxylic acids is 1. The van der Waals surface area contributed by atoms with Crippen molar-refractivity contribution in [2.45, 2.75) is 0 Å². The van der Waals surface area contributed by atoms with Crippen LogP contribution in [0.5, 0.6) is 11.5 Å². The minimum Gasteiger partial charge on any atom is -0.490 e. The SMILES string of the molecule is O=C(CNc1ccc(OCCOc2ccccc2)cc1)Nc1ccccc1F. The van der Waals surface area contributed by atoms with Crippen molar-refractivity contribution in [1.82, 2.24) is 0 Å². The van der Waals surface area contributed by atoms with Crippen molar-refractivity contribution in [2.24, 2.45) is 0 Å². The average Bonchev–Trinajstić information content (AvgIpc) is 2.73. The first kappa shape index (κ1) is 19.2. The average molecular weight is 380 g/mol. The molecule has 3 aromatic carbocycles. The van der Waals surface area contributed by atoms with Crippen LogP contribution < -0.4 is 20.1 Å². The number of hydrogen-bond donors (Lipinski definition) is 2. The number of carbonyl (C=O) groups is 1. The third kappa shape index (κ3) is 6.02. The molecule has 0 spiro atoms. The van der Waals surface area contributed by atoms with E-state index in [1.807, 2.05) is 42.5 Å². The van der Waals surface area contributed by atoms with Crippen molar-refractivity contribution < 1.29 is 18.7 Å². The standard InChI is InChI=1S/C22H21FN2O3/c23-20-8-4-5-9-21(20)25-22(26)16-24-17-10-12-19(13-11-17)28-15-14-27-18-6-2-1-3-7-18/h1-13,24H,14-16H2,(H,25,26). The van der Waals surface area contributed by atoms with Gasteiger partial charge in [-0.2, -0.15) is 0 Å². The van der Waals surface area contributed by atoms with Crippen LogP contribution in [0.1, 0.15) is 0 Å². The Labute approximate surface area is 163 Å². The molecule has 0 atom stereocenters. The molecule has 5 nitrogen and oxygen atoms in total. The van der Waals surface area contributed by atoms with Crippen molar-refractivity contribution in [3.05, 3.63) is 84.7 Å². The quantitative estimate of drug-likeness (QED) is 0.543. The highest BCUT2D eigenvalue weighted by molar-refractivity contribution is 5.93. The summed E-state index contributed by atoms with van der Waals surface area (Å²) in [5, 5.41) is 5.51. The Bertz CT molecular complexity index is 886. The van der Waals surface area contributed by atoms with E-state index >= 15 is 0 Å². The van der Waals surface area contributed by atoms with E-state index in [0.29, 0.717) is 19.0 Å². The first-order valence-corrected chi connectivity index (χ1v) is 8.90. The summed E-state index contributed by atoms with van der Waals surface area (Å²) in [7, 11) is 0. The zero-order valence-electron chi connectivity index (χ0n) is 15.2. The van der Waals surface area contributed by atoms with Crippen LogP contribution in [0, 0.1) is 5.82 Å². The molecule has 0 unspecified atom stereocenters. The third-order valence-corrected chi connectivity index (χ3v) is 3.82. The minimum atomic E-state index is -0.464. The summed E-state index contributed by atoms with van der Waals surface area (Å²) < 4.78 is 24.7. The van der Waals surface area contributed by atoms with Crippen LogP contribution in [0.3, 0.4) is 0 Å². The maximum absolute atomic E-state index is 13.5. The van der Waals surface area contributed by atoms with Crippen molar-refractivity contribution in [1.29, 1.82) is 0 Å². The minimum absolute atomic E-state index is 0.0272. The van der Waals surface area contributed by atoms with E-state index in [1.165, 1.54) is 12.1 Å². The molecule has 2 N–H and O–H groups in total. The van der Waals surface area contributed by atoms with Gasteiger partial charge in [0.1, 0.15) is 30.5 Å². The highest BCUT2D eigenvalue weighted by atomic mass is 19.1. The topological polar surface area (TPSA) is 59.6 Å². The lowest BCUT2D eigenvalue weighted by Crippen LogP contribution is -2.22. The molecular formula is C22H21FN2O3. The molecule has 0 aliphatic heterocycles. The van der Waals surface area contributed by atoms with E-state index in [4.69, 9.17) is 9.47 Å². The highest BCUT2D eigenvalue weighted by Gasteiger charge is 2.06. The number of benzene rings is 3. The second kappa shape index (κ2) is 9.97. The van der Waals surface area contributed by atoms with Gasteiger partial charge in [0.15, 0.2) is 0 Å². The second-order valence-electron chi connectivity index (χ2n) is 5.92. The molecule has 0 heterocycles. The summed E-state index contributed by atoms with van der Waals surface area (Å²) in [5.41, 5.74) is 0.923. The number of halogens is 1. The number of rotatable bonds is 9. The number of nitrogens with one attached hydrogen (secondary N) is 2. The van der Waals surface area contributed by atoms with Gasteiger partial charge in [-0.05, 0) is 48.5 Å². The maximum atomic E-state index is 13.5. The van der Waals surface area contributed by atoms with Crippen LogP contribution in [-0.2, 0) is 4.79 Å². The van der Waals surface area contributed by atoms with Crippen LogP contribution >= 0.6 is 0 Å². The molecule has 28 heavy (non-hydrogen) atoms. The Kier molecular flexibility index (Phi) is 6.84. The van der Waals surface area contributed by atoms with Gasteiger partial charge >= 0.3 is 0 Å². The van der Waals surface area contributed by atoms with E-state index in [2.05, 4.69) is 10.6 Å².